The predicted octanol–water partition coefficient (Wildman–Crippen LogP) is 2.08. The van der Waals surface area contributed by atoms with E-state index in [0.717, 1.165) is 12.0 Å². The summed E-state index contributed by atoms with van der Waals surface area (Å²) in [4.78, 5) is 12.1. The Hall–Kier alpha value is -0.870. The molecule has 1 aliphatic rings. The van der Waals surface area contributed by atoms with E-state index in [1.807, 2.05) is 11.4 Å². The van der Waals surface area contributed by atoms with Crippen LogP contribution < -0.4 is 0 Å². The Labute approximate surface area is 86.3 Å². The molecule has 76 valence electrons. The number of carboxylic acids is 1. The van der Waals surface area contributed by atoms with E-state index < -0.39 is 11.9 Å². The molecule has 0 amide bonds. The van der Waals surface area contributed by atoms with Crippen LogP contribution in [0.1, 0.15) is 23.5 Å². The Balaban J connectivity index is 2.28. The maximum absolute atomic E-state index is 10.9. The molecule has 2 heterocycles. The molecule has 0 radical (unpaired) electrons. The molecular formula is C10H12O3S. The third kappa shape index (κ3) is 1.55. The van der Waals surface area contributed by atoms with Crippen LogP contribution >= 0.6 is 11.3 Å². The average Bonchev–Trinajstić information content (AvgIpc) is 2.63. The van der Waals surface area contributed by atoms with Crippen molar-refractivity contribution in [1.82, 2.24) is 0 Å². The van der Waals surface area contributed by atoms with Crippen molar-refractivity contribution in [3.8, 4) is 0 Å². The minimum atomic E-state index is -0.797. The quantitative estimate of drug-likeness (QED) is 0.816. The van der Waals surface area contributed by atoms with Gasteiger partial charge in [-0.15, -0.1) is 11.3 Å². The van der Waals surface area contributed by atoms with Gasteiger partial charge in [0, 0.05) is 11.3 Å². The highest BCUT2D eigenvalue weighted by Crippen LogP contribution is 2.35. The van der Waals surface area contributed by atoms with Crippen molar-refractivity contribution in [3.05, 3.63) is 21.9 Å². The fourth-order valence-corrected chi connectivity index (χ4v) is 2.62. The van der Waals surface area contributed by atoms with E-state index in [4.69, 9.17) is 9.84 Å². The van der Waals surface area contributed by atoms with Crippen molar-refractivity contribution in [2.75, 3.05) is 6.61 Å². The van der Waals surface area contributed by atoms with Crippen molar-refractivity contribution < 1.29 is 14.6 Å². The fraction of sp³-hybridized carbons (Fsp3) is 0.500. The van der Waals surface area contributed by atoms with Crippen molar-refractivity contribution in [3.63, 3.8) is 0 Å². The summed E-state index contributed by atoms with van der Waals surface area (Å²) in [6.07, 6.45) is 0.651. The largest absolute Gasteiger partial charge is 0.481 e. The molecule has 2 atom stereocenters. The standard InChI is InChI=1S/C10H12O3S/c1-6(10(11)12)9-7-3-5-14-8(7)2-4-13-9/h3,5-6,9H,2,4H2,1H3,(H,11,12)/t6-,9+/m1/s1. The van der Waals surface area contributed by atoms with Crippen molar-refractivity contribution >= 4 is 17.3 Å². The number of hydrogen-bond donors (Lipinski definition) is 1. The molecule has 1 aliphatic heterocycles. The van der Waals surface area contributed by atoms with Crippen LogP contribution in [0.5, 0.6) is 0 Å². The lowest BCUT2D eigenvalue weighted by Gasteiger charge is -2.26. The van der Waals surface area contributed by atoms with E-state index in [9.17, 15) is 4.79 Å². The Morgan fingerprint density at radius 2 is 2.57 bits per heavy atom. The van der Waals surface area contributed by atoms with Gasteiger partial charge in [0.05, 0.1) is 18.6 Å². The Morgan fingerprint density at radius 1 is 1.79 bits per heavy atom. The second-order valence-corrected chi connectivity index (χ2v) is 4.47. The normalized spacial score (nSPS) is 22.8. The maximum atomic E-state index is 10.9. The van der Waals surface area contributed by atoms with Gasteiger partial charge in [-0.2, -0.15) is 0 Å². The summed E-state index contributed by atoms with van der Waals surface area (Å²) in [5.41, 5.74) is 1.07. The van der Waals surface area contributed by atoms with Crippen molar-refractivity contribution in [2.45, 2.75) is 19.4 Å². The highest BCUT2D eigenvalue weighted by molar-refractivity contribution is 7.10. The van der Waals surface area contributed by atoms with Crippen LogP contribution in [0.15, 0.2) is 11.4 Å². The van der Waals surface area contributed by atoms with Crippen LogP contribution in [0.25, 0.3) is 0 Å². The monoisotopic (exact) mass is 212 g/mol. The molecule has 0 unspecified atom stereocenters. The molecule has 1 aromatic rings. The molecule has 2 rings (SSSR count). The third-order valence-corrected chi connectivity index (χ3v) is 3.55. The first-order valence-electron chi connectivity index (χ1n) is 4.61. The van der Waals surface area contributed by atoms with Crippen LogP contribution in [0.3, 0.4) is 0 Å². The van der Waals surface area contributed by atoms with Gasteiger partial charge in [-0.05, 0) is 23.9 Å². The molecule has 1 aromatic heterocycles. The first-order valence-corrected chi connectivity index (χ1v) is 5.49. The van der Waals surface area contributed by atoms with Crippen LogP contribution in [-0.4, -0.2) is 17.7 Å². The summed E-state index contributed by atoms with van der Waals surface area (Å²) in [5, 5.41) is 10.9. The second-order valence-electron chi connectivity index (χ2n) is 3.47. The molecule has 0 bridgehead atoms. The number of carbonyl (C=O) groups is 1. The summed E-state index contributed by atoms with van der Waals surface area (Å²) in [7, 11) is 0. The van der Waals surface area contributed by atoms with Gasteiger partial charge in [0.2, 0.25) is 0 Å². The molecule has 0 aliphatic carbocycles. The molecule has 0 fully saturated rings. The van der Waals surface area contributed by atoms with Gasteiger partial charge in [-0.1, -0.05) is 0 Å². The van der Waals surface area contributed by atoms with E-state index >= 15 is 0 Å². The summed E-state index contributed by atoms with van der Waals surface area (Å²) in [5.74, 6) is -1.27. The van der Waals surface area contributed by atoms with Gasteiger partial charge in [0.1, 0.15) is 0 Å². The average molecular weight is 212 g/mol. The second kappa shape index (κ2) is 3.71. The zero-order valence-electron chi connectivity index (χ0n) is 7.90. The first-order chi connectivity index (χ1) is 6.70. The Bertz CT molecular complexity index is 345. The van der Waals surface area contributed by atoms with E-state index in [0.29, 0.717) is 6.61 Å². The van der Waals surface area contributed by atoms with Gasteiger partial charge in [0.25, 0.3) is 0 Å². The molecule has 0 aromatic carbocycles. The Morgan fingerprint density at radius 3 is 3.29 bits per heavy atom. The van der Waals surface area contributed by atoms with Crippen LogP contribution in [-0.2, 0) is 16.0 Å². The number of aliphatic carboxylic acids is 1. The van der Waals surface area contributed by atoms with E-state index in [-0.39, 0.29) is 6.10 Å². The molecular weight excluding hydrogens is 200 g/mol. The molecule has 14 heavy (non-hydrogen) atoms. The van der Waals surface area contributed by atoms with Gasteiger partial charge < -0.3 is 9.84 Å². The first kappa shape index (κ1) is 9.68. The predicted molar refractivity (Wildman–Crippen MR) is 53.5 cm³/mol. The zero-order valence-corrected chi connectivity index (χ0v) is 8.71. The lowest BCUT2D eigenvalue weighted by atomic mass is 9.95. The van der Waals surface area contributed by atoms with E-state index in [2.05, 4.69) is 0 Å². The Kier molecular flexibility index (Phi) is 2.56. The minimum Gasteiger partial charge on any atom is -0.481 e. The van der Waals surface area contributed by atoms with Crippen molar-refractivity contribution in [1.29, 1.82) is 0 Å². The highest BCUT2D eigenvalue weighted by atomic mass is 32.1. The summed E-state index contributed by atoms with van der Waals surface area (Å²) < 4.78 is 5.51. The molecule has 0 saturated carbocycles. The summed E-state index contributed by atoms with van der Waals surface area (Å²) >= 11 is 1.69. The van der Waals surface area contributed by atoms with Gasteiger partial charge in [0.15, 0.2) is 0 Å². The SMILES string of the molecule is C[C@@H](C(=O)O)[C@@H]1OCCc2sccc21. The van der Waals surface area contributed by atoms with E-state index in [1.54, 1.807) is 18.3 Å². The number of carboxylic acid groups (broad SMARTS) is 1. The lowest BCUT2D eigenvalue weighted by molar-refractivity contribution is -0.147. The summed E-state index contributed by atoms with van der Waals surface area (Å²) in [6.45, 7) is 2.33. The maximum Gasteiger partial charge on any atom is 0.309 e. The highest BCUT2D eigenvalue weighted by Gasteiger charge is 2.30. The topological polar surface area (TPSA) is 46.5 Å². The van der Waals surface area contributed by atoms with Crippen molar-refractivity contribution in [2.24, 2.45) is 5.92 Å². The van der Waals surface area contributed by atoms with Crippen LogP contribution in [0.4, 0.5) is 0 Å². The number of hydrogen-bond acceptors (Lipinski definition) is 3. The van der Waals surface area contributed by atoms with Gasteiger partial charge in [-0.25, -0.2) is 0 Å². The molecule has 0 saturated heterocycles. The number of thiophene rings is 1. The fourth-order valence-electron chi connectivity index (χ4n) is 1.72. The number of fused-ring (bicyclic) bond motifs is 1. The molecule has 1 N–H and O–H groups in total. The zero-order chi connectivity index (χ0) is 10.1. The molecule has 4 heteroatoms. The number of ether oxygens (including phenoxy) is 1. The smallest absolute Gasteiger partial charge is 0.309 e. The van der Waals surface area contributed by atoms with Gasteiger partial charge in [-0.3, -0.25) is 4.79 Å². The third-order valence-electron chi connectivity index (χ3n) is 2.56. The number of rotatable bonds is 2. The molecule has 3 nitrogen and oxygen atoms in total. The molecule has 0 spiro atoms. The lowest BCUT2D eigenvalue weighted by Crippen LogP contribution is -2.25. The summed E-state index contributed by atoms with van der Waals surface area (Å²) in [6, 6.07) is 1.98. The van der Waals surface area contributed by atoms with Crippen LogP contribution in [0, 0.1) is 5.92 Å². The van der Waals surface area contributed by atoms with Crippen LogP contribution in [0.2, 0.25) is 0 Å². The van der Waals surface area contributed by atoms with E-state index in [1.165, 1.54) is 4.88 Å². The van der Waals surface area contributed by atoms with Gasteiger partial charge >= 0.3 is 5.97 Å². The minimum absolute atomic E-state index is 0.262.